The molecule has 5 heteroatoms. The van der Waals surface area contributed by atoms with Crippen molar-refractivity contribution in [2.45, 2.75) is 0 Å². The summed E-state index contributed by atoms with van der Waals surface area (Å²) in [5.41, 5.74) is 0.553. The Kier molecular flexibility index (Phi) is 2.22. The predicted molar refractivity (Wildman–Crippen MR) is 48.7 cm³/mol. The zero-order valence-corrected chi connectivity index (χ0v) is 7.18. The molecule has 0 unspecified atom stereocenters. The number of rotatable bonds is 2. The minimum absolute atomic E-state index is 0.166. The van der Waals surface area contributed by atoms with E-state index in [1.54, 1.807) is 24.3 Å². The molecule has 0 aliphatic heterocycles. The number of hydrogen-bond donors (Lipinski definition) is 1. The third kappa shape index (κ3) is 1.77. The second kappa shape index (κ2) is 3.69. The van der Waals surface area contributed by atoms with Gasteiger partial charge < -0.3 is 4.52 Å². The first-order valence-corrected chi connectivity index (χ1v) is 3.99. The van der Waals surface area contributed by atoms with Gasteiger partial charge in [-0.25, -0.2) is 0 Å². The van der Waals surface area contributed by atoms with Crippen molar-refractivity contribution < 1.29 is 9.32 Å². The zero-order chi connectivity index (χ0) is 9.80. The normalized spacial score (nSPS) is 9.71. The van der Waals surface area contributed by atoms with E-state index in [2.05, 4.69) is 20.0 Å². The van der Waals surface area contributed by atoms with Crippen LogP contribution in [0.1, 0.15) is 10.4 Å². The number of carbonyl (C=O) groups is 1. The van der Waals surface area contributed by atoms with Gasteiger partial charge in [0, 0.05) is 5.56 Å². The molecule has 1 aromatic heterocycles. The molecule has 0 radical (unpaired) electrons. The fourth-order valence-electron chi connectivity index (χ4n) is 0.989. The Morgan fingerprint density at radius 1 is 1.29 bits per heavy atom. The van der Waals surface area contributed by atoms with Crippen molar-refractivity contribution in [3.8, 4) is 0 Å². The Morgan fingerprint density at radius 2 is 2.07 bits per heavy atom. The molecular formula is C9H7N3O2. The van der Waals surface area contributed by atoms with Gasteiger partial charge in [-0.3, -0.25) is 10.1 Å². The summed E-state index contributed by atoms with van der Waals surface area (Å²) in [6.45, 7) is 0. The summed E-state index contributed by atoms with van der Waals surface area (Å²) in [5, 5.41) is 5.95. The average Bonchev–Trinajstić information content (AvgIpc) is 2.72. The highest BCUT2D eigenvalue weighted by Crippen LogP contribution is 2.02. The van der Waals surface area contributed by atoms with E-state index in [1.165, 1.54) is 0 Å². The van der Waals surface area contributed by atoms with Crippen LogP contribution in [-0.4, -0.2) is 16.0 Å². The molecule has 14 heavy (non-hydrogen) atoms. The van der Waals surface area contributed by atoms with Crippen LogP contribution in [0.15, 0.2) is 41.2 Å². The van der Waals surface area contributed by atoms with E-state index >= 15 is 0 Å². The van der Waals surface area contributed by atoms with Crippen LogP contribution in [-0.2, 0) is 0 Å². The molecule has 1 N–H and O–H groups in total. The molecule has 1 heterocycles. The van der Waals surface area contributed by atoms with Crippen LogP contribution < -0.4 is 5.32 Å². The standard InChI is InChI=1S/C9H7N3O2/c13-8(7-4-2-1-3-5-7)11-9-10-6-14-12-9/h1-6H,(H,11,12,13). The molecule has 2 rings (SSSR count). The Balaban J connectivity index is 2.11. The SMILES string of the molecule is O=C(Nc1ncon1)c1ccccc1. The van der Waals surface area contributed by atoms with E-state index < -0.39 is 0 Å². The number of carbonyl (C=O) groups excluding carboxylic acids is 1. The van der Waals surface area contributed by atoms with Gasteiger partial charge in [0.2, 0.25) is 6.39 Å². The van der Waals surface area contributed by atoms with Gasteiger partial charge >= 0.3 is 0 Å². The van der Waals surface area contributed by atoms with Crippen molar-refractivity contribution >= 4 is 11.9 Å². The molecule has 0 saturated carbocycles. The lowest BCUT2D eigenvalue weighted by atomic mass is 10.2. The second-order valence-corrected chi connectivity index (χ2v) is 2.57. The van der Waals surface area contributed by atoms with Gasteiger partial charge in [-0.1, -0.05) is 18.2 Å². The minimum Gasteiger partial charge on any atom is -0.341 e. The summed E-state index contributed by atoms with van der Waals surface area (Å²) in [6.07, 6.45) is 1.15. The van der Waals surface area contributed by atoms with Gasteiger partial charge in [-0.05, 0) is 17.3 Å². The van der Waals surface area contributed by atoms with Gasteiger partial charge in [0.25, 0.3) is 11.9 Å². The van der Waals surface area contributed by atoms with E-state index in [4.69, 9.17) is 0 Å². The summed E-state index contributed by atoms with van der Waals surface area (Å²) < 4.78 is 4.48. The van der Waals surface area contributed by atoms with Crippen LogP contribution >= 0.6 is 0 Å². The van der Waals surface area contributed by atoms with E-state index in [-0.39, 0.29) is 11.9 Å². The molecular weight excluding hydrogens is 182 g/mol. The number of benzene rings is 1. The topological polar surface area (TPSA) is 68.0 Å². The van der Waals surface area contributed by atoms with Crippen LogP contribution in [0, 0.1) is 0 Å². The summed E-state index contributed by atoms with van der Waals surface area (Å²) >= 11 is 0. The fraction of sp³-hybridized carbons (Fsp3) is 0. The molecule has 0 aliphatic rings. The highest BCUT2D eigenvalue weighted by molar-refractivity contribution is 6.03. The number of amides is 1. The Morgan fingerprint density at radius 3 is 2.71 bits per heavy atom. The zero-order valence-electron chi connectivity index (χ0n) is 7.18. The number of hydrogen-bond acceptors (Lipinski definition) is 4. The van der Waals surface area contributed by atoms with Crippen molar-refractivity contribution in [2.75, 3.05) is 5.32 Å². The van der Waals surface area contributed by atoms with Crippen LogP contribution in [0.3, 0.4) is 0 Å². The molecule has 1 amide bonds. The second-order valence-electron chi connectivity index (χ2n) is 2.57. The third-order valence-corrected chi connectivity index (χ3v) is 1.62. The van der Waals surface area contributed by atoms with Gasteiger partial charge in [-0.2, -0.15) is 4.98 Å². The van der Waals surface area contributed by atoms with Gasteiger partial charge in [0.1, 0.15) is 0 Å². The van der Waals surface area contributed by atoms with Gasteiger partial charge in [0.15, 0.2) is 0 Å². The third-order valence-electron chi connectivity index (χ3n) is 1.62. The van der Waals surface area contributed by atoms with Crippen LogP contribution in [0.4, 0.5) is 5.95 Å². The van der Waals surface area contributed by atoms with E-state index in [0.29, 0.717) is 5.56 Å². The Labute approximate surface area is 79.7 Å². The lowest BCUT2D eigenvalue weighted by Crippen LogP contribution is -2.12. The summed E-state index contributed by atoms with van der Waals surface area (Å²) in [5.74, 6) is -0.0918. The lowest BCUT2D eigenvalue weighted by Gasteiger charge is -1.98. The Bertz CT molecular complexity index is 411. The maximum absolute atomic E-state index is 11.5. The molecule has 2 aromatic rings. The van der Waals surface area contributed by atoms with Crippen molar-refractivity contribution in [1.82, 2.24) is 10.1 Å². The number of nitrogens with one attached hydrogen (secondary N) is 1. The number of nitrogens with zero attached hydrogens (tertiary/aromatic N) is 2. The highest BCUT2D eigenvalue weighted by Gasteiger charge is 2.06. The summed E-state index contributed by atoms with van der Waals surface area (Å²) in [7, 11) is 0. The Hall–Kier alpha value is -2.17. The van der Waals surface area contributed by atoms with E-state index in [1.807, 2.05) is 6.07 Å². The first-order chi connectivity index (χ1) is 6.86. The minimum atomic E-state index is -0.257. The van der Waals surface area contributed by atoms with Crippen molar-refractivity contribution in [2.24, 2.45) is 0 Å². The number of aromatic nitrogens is 2. The molecule has 0 atom stereocenters. The molecule has 0 bridgehead atoms. The maximum atomic E-state index is 11.5. The van der Waals surface area contributed by atoms with Crippen molar-refractivity contribution in [3.63, 3.8) is 0 Å². The first kappa shape index (κ1) is 8.43. The van der Waals surface area contributed by atoms with Crippen LogP contribution in [0.5, 0.6) is 0 Å². The molecule has 0 fully saturated rings. The molecule has 1 aromatic carbocycles. The smallest absolute Gasteiger partial charge is 0.270 e. The van der Waals surface area contributed by atoms with Gasteiger partial charge in [0.05, 0.1) is 0 Å². The molecule has 5 nitrogen and oxygen atoms in total. The fourth-order valence-corrected chi connectivity index (χ4v) is 0.989. The molecule has 0 aliphatic carbocycles. The van der Waals surface area contributed by atoms with Crippen LogP contribution in [0.2, 0.25) is 0 Å². The predicted octanol–water partition coefficient (Wildman–Crippen LogP) is 1.32. The molecule has 0 saturated heterocycles. The monoisotopic (exact) mass is 189 g/mol. The van der Waals surface area contributed by atoms with Crippen molar-refractivity contribution in [1.29, 1.82) is 0 Å². The van der Waals surface area contributed by atoms with E-state index in [9.17, 15) is 4.79 Å². The first-order valence-electron chi connectivity index (χ1n) is 3.99. The largest absolute Gasteiger partial charge is 0.341 e. The quantitative estimate of drug-likeness (QED) is 0.773. The van der Waals surface area contributed by atoms with E-state index in [0.717, 1.165) is 6.39 Å². The summed E-state index contributed by atoms with van der Waals surface area (Å²) in [6, 6.07) is 8.81. The van der Waals surface area contributed by atoms with Crippen molar-refractivity contribution in [3.05, 3.63) is 42.3 Å². The molecule has 0 spiro atoms. The number of anilines is 1. The van der Waals surface area contributed by atoms with Crippen LogP contribution in [0.25, 0.3) is 0 Å². The van der Waals surface area contributed by atoms with Gasteiger partial charge in [-0.15, -0.1) is 0 Å². The summed E-state index contributed by atoms with van der Waals surface area (Å²) in [4.78, 5) is 15.2. The maximum Gasteiger partial charge on any atom is 0.270 e. The highest BCUT2D eigenvalue weighted by atomic mass is 16.5. The molecule has 70 valence electrons. The average molecular weight is 189 g/mol. The lowest BCUT2D eigenvalue weighted by molar-refractivity contribution is 0.102.